The standard InChI is InChI=1S/C16H20N4O2/c1-21-9-10-22-15-8-7-13(11-18-15)12-19-16(17)20-14-5-3-2-4-6-14/h2-8,11H,9-10,12H2,1H3,(H3,17,19,20). The first-order valence-electron chi connectivity index (χ1n) is 6.96. The summed E-state index contributed by atoms with van der Waals surface area (Å²) >= 11 is 0. The number of ether oxygens (including phenoxy) is 2. The van der Waals surface area contributed by atoms with Crippen molar-refractivity contribution in [2.45, 2.75) is 6.54 Å². The number of rotatable bonds is 7. The van der Waals surface area contributed by atoms with Gasteiger partial charge in [0.15, 0.2) is 5.96 Å². The van der Waals surface area contributed by atoms with Crippen molar-refractivity contribution in [2.75, 3.05) is 25.6 Å². The van der Waals surface area contributed by atoms with Crippen LogP contribution >= 0.6 is 0 Å². The molecule has 6 nitrogen and oxygen atoms in total. The highest BCUT2D eigenvalue weighted by molar-refractivity contribution is 5.92. The highest BCUT2D eigenvalue weighted by Crippen LogP contribution is 2.09. The van der Waals surface area contributed by atoms with E-state index in [-0.39, 0.29) is 0 Å². The molecular weight excluding hydrogens is 280 g/mol. The lowest BCUT2D eigenvalue weighted by Crippen LogP contribution is -2.22. The minimum Gasteiger partial charge on any atom is -0.475 e. The van der Waals surface area contributed by atoms with Gasteiger partial charge in [-0.15, -0.1) is 0 Å². The third-order valence-corrected chi connectivity index (χ3v) is 2.81. The molecule has 6 heteroatoms. The molecule has 0 saturated heterocycles. The third-order valence-electron chi connectivity index (χ3n) is 2.81. The zero-order chi connectivity index (χ0) is 15.6. The molecular formula is C16H20N4O2. The maximum absolute atomic E-state index is 5.84. The molecule has 0 aliphatic heterocycles. The van der Waals surface area contributed by atoms with Crippen molar-refractivity contribution < 1.29 is 9.47 Å². The Morgan fingerprint density at radius 3 is 2.68 bits per heavy atom. The van der Waals surface area contributed by atoms with Crippen molar-refractivity contribution in [3.8, 4) is 5.88 Å². The van der Waals surface area contributed by atoms with E-state index in [1.165, 1.54) is 0 Å². The third kappa shape index (κ3) is 5.41. The summed E-state index contributed by atoms with van der Waals surface area (Å²) in [6.45, 7) is 1.47. The van der Waals surface area contributed by atoms with Gasteiger partial charge in [-0.2, -0.15) is 0 Å². The van der Waals surface area contributed by atoms with Gasteiger partial charge in [0, 0.05) is 25.1 Å². The summed E-state index contributed by atoms with van der Waals surface area (Å²) < 4.78 is 10.3. The van der Waals surface area contributed by atoms with E-state index in [1.807, 2.05) is 36.4 Å². The van der Waals surface area contributed by atoms with Crippen molar-refractivity contribution >= 4 is 11.6 Å². The summed E-state index contributed by atoms with van der Waals surface area (Å²) in [7, 11) is 1.63. The molecule has 2 aromatic rings. The number of nitrogens with two attached hydrogens (primary N) is 1. The Hall–Kier alpha value is -2.60. The Kier molecular flexibility index (Phi) is 6.19. The molecule has 1 aromatic heterocycles. The summed E-state index contributed by atoms with van der Waals surface area (Å²) in [5.74, 6) is 0.937. The normalized spacial score (nSPS) is 11.2. The van der Waals surface area contributed by atoms with Crippen molar-refractivity contribution in [2.24, 2.45) is 10.7 Å². The lowest BCUT2D eigenvalue weighted by Gasteiger charge is -2.06. The van der Waals surface area contributed by atoms with Crippen LogP contribution in [0.15, 0.2) is 53.7 Å². The van der Waals surface area contributed by atoms with Gasteiger partial charge in [-0.05, 0) is 17.7 Å². The van der Waals surface area contributed by atoms with Gasteiger partial charge >= 0.3 is 0 Å². The molecule has 2 rings (SSSR count). The van der Waals surface area contributed by atoms with Crippen LogP contribution in [0.5, 0.6) is 5.88 Å². The summed E-state index contributed by atoms with van der Waals surface area (Å²) in [4.78, 5) is 8.48. The van der Waals surface area contributed by atoms with Crippen LogP contribution in [0.1, 0.15) is 5.56 Å². The van der Waals surface area contributed by atoms with Gasteiger partial charge in [-0.3, -0.25) is 0 Å². The fourth-order valence-electron chi connectivity index (χ4n) is 1.70. The summed E-state index contributed by atoms with van der Waals surface area (Å²) in [6.07, 6.45) is 1.72. The summed E-state index contributed by atoms with van der Waals surface area (Å²) in [6, 6.07) is 13.4. The highest BCUT2D eigenvalue weighted by Gasteiger charge is 1.98. The van der Waals surface area contributed by atoms with Crippen molar-refractivity contribution in [1.82, 2.24) is 4.98 Å². The van der Waals surface area contributed by atoms with Crippen LogP contribution in [0.25, 0.3) is 0 Å². The second-order valence-corrected chi connectivity index (χ2v) is 4.54. The average Bonchev–Trinajstić information content (AvgIpc) is 2.55. The molecule has 0 amide bonds. The number of aromatic nitrogens is 1. The average molecular weight is 300 g/mol. The number of hydrogen-bond donors (Lipinski definition) is 2. The summed E-state index contributed by atoms with van der Waals surface area (Å²) in [5, 5.41) is 3.03. The molecule has 1 heterocycles. The van der Waals surface area contributed by atoms with Gasteiger partial charge in [0.25, 0.3) is 0 Å². The molecule has 0 bridgehead atoms. The predicted molar refractivity (Wildman–Crippen MR) is 87.0 cm³/mol. The quantitative estimate of drug-likeness (QED) is 0.464. The van der Waals surface area contributed by atoms with Gasteiger partial charge in [-0.1, -0.05) is 24.3 Å². The van der Waals surface area contributed by atoms with Crippen molar-refractivity contribution in [1.29, 1.82) is 0 Å². The minimum absolute atomic E-state index is 0.367. The topological polar surface area (TPSA) is 81.8 Å². The Bertz CT molecular complexity index is 585. The second kappa shape index (κ2) is 8.63. The Morgan fingerprint density at radius 2 is 2.00 bits per heavy atom. The number of benzene rings is 1. The Balaban J connectivity index is 1.84. The maximum Gasteiger partial charge on any atom is 0.213 e. The first-order valence-corrected chi connectivity index (χ1v) is 6.96. The van der Waals surface area contributed by atoms with E-state index in [2.05, 4.69) is 15.3 Å². The van der Waals surface area contributed by atoms with E-state index in [0.29, 0.717) is 31.6 Å². The molecule has 0 aliphatic carbocycles. The molecule has 0 saturated carbocycles. The van der Waals surface area contributed by atoms with E-state index in [9.17, 15) is 0 Å². The van der Waals surface area contributed by atoms with Gasteiger partial charge < -0.3 is 20.5 Å². The van der Waals surface area contributed by atoms with Gasteiger partial charge in [-0.25, -0.2) is 9.98 Å². The van der Waals surface area contributed by atoms with E-state index in [1.54, 1.807) is 19.4 Å². The first kappa shape index (κ1) is 15.8. The lowest BCUT2D eigenvalue weighted by atomic mass is 10.3. The van der Waals surface area contributed by atoms with Crippen LogP contribution in [0.3, 0.4) is 0 Å². The van der Waals surface area contributed by atoms with Crippen LogP contribution in [0.4, 0.5) is 5.69 Å². The molecule has 0 fully saturated rings. The van der Waals surface area contributed by atoms with E-state index in [4.69, 9.17) is 15.2 Å². The molecule has 0 spiro atoms. The van der Waals surface area contributed by atoms with Crippen LogP contribution in [0.2, 0.25) is 0 Å². The number of aliphatic imine (C=N–C) groups is 1. The number of guanidine groups is 1. The van der Waals surface area contributed by atoms with Crippen molar-refractivity contribution in [3.05, 3.63) is 54.2 Å². The van der Waals surface area contributed by atoms with Crippen LogP contribution in [-0.2, 0) is 11.3 Å². The summed E-state index contributed by atoms with van der Waals surface area (Å²) in [5.41, 5.74) is 7.71. The van der Waals surface area contributed by atoms with Crippen molar-refractivity contribution in [3.63, 3.8) is 0 Å². The number of nitrogens with zero attached hydrogens (tertiary/aromatic N) is 2. The minimum atomic E-state index is 0.367. The number of nitrogens with one attached hydrogen (secondary N) is 1. The number of anilines is 1. The fourth-order valence-corrected chi connectivity index (χ4v) is 1.70. The first-order chi connectivity index (χ1) is 10.8. The Labute approximate surface area is 130 Å². The molecule has 3 N–H and O–H groups in total. The maximum atomic E-state index is 5.84. The molecule has 1 aromatic carbocycles. The molecule has 22 heavy (non-hydrogen) atoms. The van der Waals surface area contributed by atoms with Gasteiger partial charge in [0.05, 0.1) is 13.2 Å². The molecule has 0 unspecified atom stereocenters. The molecule has 0 atom stereocenters. The highest BCUT2D eigenvalue weighted by atomic mass is 16.5. The number of pyridine rings is 1. The monoisotopic (exact) mass is 300 g/mol. The fraction of sp³-hybridized carbons (Fsp3) is 0.250. The number of hydrogen-bond acceptors (Lipinski definition) is 4. The molecule has 0 radical (unpaired) electrons. The smallest absolute Gasteiger partial charge is 0.213 e. The van der Waals surface area contributed by atoms with Gasteiger partial charge in [0.2, 0.25) is 5.88 Å². The van der Waals surface area contributed by atoms with Gasteiger partial charge in [0.1, 0.15) is 6.61 Å². The molecule has 0 aliphatic rings. The zero-order valence-electron chi connectivity index (χ0n) is 12.5. The number of methoxy groups -OCH3 is 1. The Morgan fingerprint density at radius 1 is 1.18 bits per heavy atom. The van der Waals surface area contributed by atoms with Crippen LogP contribution < -0.4 is 15.8 Å². The molecule has 116 valence electrons. The number of para-hydroxylation sites is 1. The SMILES string of the molecule is COCCOc1ccc(CN=C(N)Nc2ccccc2)cn1. The van der Waals surface area contributed by atoms with E-state index < -0.39 is 0 Å². The van der Waals surface area contributed by atoms with E-state index in [0.717, 1.165) is 11.3 Å². The lowest BCUT2D eigenvalue weighted by molar-refractivity contribution is 0.143. The second-order valence-electron chi connectivity index (χ2n) is 4.54. The predicted octanol–water partition coefficient (Wildman–Crippen LogP) is 2.03. The van der Waals surface area contributed by atoms with Crippen LogP contribution in [-0.4, -0.2) is 31.3 Å². The van der Waals surface area contributed by atoms with E-state index >= 15 is 0 Å². The largest absolute Gasteiger partial charge is 0.475 e. The zero-order valence-corrected chi connectivity index (χ0v) is 12.5. The van der Waals surface area contributed by atoms with Crippen LogP contribution in [0, 0.1) is 0 Å².